The number of hydrogen-bond acceptors (Lipinski definition) is 5. The van der Waals surface area contributed by atoms with Crippen LogP contribution in [0.15, 0.2) is 59.8 Å². The summed E-state index contributed by atoms with van der Waals surface area (Å²) in [5.74, 6) is -1.50. The largest absolute Gasteiger partial charge is 0.489 e. The first-order valence-electron chi connectivity index (χ1n) is 10.00. The molecular formula is C23H22ClFN2O5S. The van der Waals surface area contributed by atoms with Crippen LogP contribution in [0.3, 0.4) is 0 Å². The fraction of sp³-hybridized carbons (Fsp3) is 0.217. The SMILES string of the molecule is CC(C)Oc1cncc(S(=O)(=O)Nc2c(F)cc(Cl)cc2-c2ccc(CCC(=O)O)cc2)c1. The number of pyridine rings is 1. The third-order valence-electron chi connectivity index (χ3n) is 4.55. The van der Waals surface area contributed by atoms with E-state index >= 15 is 0 Å². The van der Waals surface area contributed by atoms with Crippen molar-refractivity contribution in [2.45, 2.75) is 37.7 Å². The van der Waals surface area contributed by atoms with Crippen LogP contribution in [-0.2, 0) is 21.2 Å². The van der Waals surface area contributed by atoms with Gasteiger partial charge in [-0.3, -0.25) is 14.5 Å². The van der Waals surface area contributed by atoms with Crippen molar-refractivity contribution in [2.24, 2.45) is 0 Å². The fourth-order valence-electron chi connectivity index (χ4n) is 3.08. The zero-order valence-electron chi connectivity index (χ0n) is 17.9. The molecule has 2 N–H and O–H groups in total. The van der Waals surface area contributed by atoms with E-state index < -0.39 is 21.8 Å². The summed E-state index contributed by atoms with van der Waals surface area (Å²) in [7, 11) is -4.20. The number of sulfonamides is 1. The highest BCUT2D eigenvalue weighted by Gasteiger charge is 2.22. The van der Waals surface area contributed by atoms with Gasteiger partial charge >= 0.3 is 5.97 Å². The summed E-state index contributed by atoms with van der Waals surface area (Å²) in [6, 6.07) is 10.5. The summed E-state index contributed by atoms with van der Waals surface area (Å²) in [5.41, 5.74) is 1.24. The number of hydrogen-bond donors (Lipinski definition) is 2. The van der Waals surface area contributed by atoms with E-state index in [4.69, 9.17) is 21.4 Å². The quantitative estimate of drug-likeness (QED) is 0.428. The Balaban J connectivity index is 1.97. The molecule has 7 nitrogen and oxygen atoms in total. The van der Waals surface area contributed by atoms with Gasteiger partial charge in [0.1, 0.15) is 16.5 Å². The Kier molecular flexibility index (Phi) is 7.55. The van der Waals surface area contributed by atoms with Gasteiger partial charge in [0.15, 0.2) is 0 Å². The molecule has 1 aromatic heterocycles. The molecule has 0 aliphatic rings. The second-order valence-corrected chi connectivity index (χ2v) is 9.65. The number of benzene rings is 2. The van der Waals surface area contributed by atoms with Crippen LogP contribution in [0.4, 0.5) is 10.1 Å². The number of nitrogens with one attached hydrogen (secondary N) is 1. The molecule has 1 heterocycles. The maximum absolute atomic E-state index is 14.9. The van der Waals surface area contributed by atoms with Gasteiger partial charge in [0.25, 0.3) is 10.0 Å². The summed E-state index contributed by atoms with van der Waals surface area (Å²) in [6.45, 7) is 3.59. The van der Waals surface area contributed by atoms with Crippen molar-refractivity contribution in [2.75, 3.05) is 4.72 Å². The van der Waals surface area contributed by atoms with E-state index in [9.17, 15) is 17.6 Å². The van der Waals surface area contributed by atoms with Gasteiger partial charge in [0.05, 0.1) is 18.0 Å². The van der Waals surface area contributed by atoms with E-state index in [1.165, 1.54) is 18.3 Å². The number of carbonyl (C=O) groups is 1. The van der Waals surface area contributed by atoms with Crippen LogP contribution in [0, 0.1) is 5.82 Å². The number of aromatic nitrogens is 1. The molecule has 0 aliphatic carbocycles. The Labute approximate surface area is 196 Å². The summed E-state index contributed by atoms with van der Waals surface area (Å²) >= 11 is 6.04. The van der Waals surface area contributed by atoms with E-state index in [-0.39, 0.29) is 39.4 Å². The number of aliphatic carboxylic acids is 1. The maximum atomic E-state index is 14.9. The molecule has 2 aromatic carbocycles. The summed E-state index contributed by atoms with van der Waals surface area (Å²) < 4.78 is 48.7. The number of rotatable bonds is 9. The van der Waals surface area contributed by atoms with E-state index in [1.807, 2.05) is 0 Å². The van der Waals surface area contributed by atoms with Crippen LogP contribution in [0.25, 0.3) is 11.1 Å². The number of ether oxygens (including phenoxy) is 1. The van der Waals surface area contributed by atoms with Gasteiger partial charge in [-0.25, -0.2) is 12.8 Å². The molecular weight excluding hydrogens is 471 g/mol. The van der Waals surface area contributed by atoms with E-state index in [0.717, 1.165) is 17.8 Å². The Morgan fingerprint density at radius 2 is 1.88 bits per heavy atom. The smallest absolute Gasteiger partial charge is 0.303 e. The summed E-state index contributed by atoms with van der Waals surface area (Å²) in [5, 5.41) is 8.93. The monoisotopic (exact) mass is 492 g/mol. The predicted molar refractivity (Wildman–Crippen MR) is 124 cm³/mol. The highest BCUT2D eigenvalue weighted by atomic mass is 35.5. The molecule has 0 radical (unpaired) electrons. The lowest BCUT2D eigenvalue weighted by molar-refractivity contribution is -0.136. The molecule has 33 heavy (non-hydrogen) atoms. The van der Waals surface area contributed by atoms with Gasteiger partial charge in [-0.2, -0.15) is 0 Å². The third kappa shape index (κ3) is 6.43. The molecule has 10 heteroatoms. The Bertz CT molecular complexity index is 1260. The van der Waals surface area contributed by atoms with Crippen LogP contribution in [-0.4, -0.2) is 30.6 Å². The Morgan fingerprint density at radius 1 is 1.18 bits per heavy atom. The minimum atomic E-state index is -4.20. The van der Waals surface area contributed by atoms with Gasteiger partial charge in [0.2, 0.25) is 0 Å². The zero-order valence-corrected chi connectivity index (χ0v) is 19.5. The molecule has 174 valence electrons. The number of carboxylic acid groups (broad SMARTS) is 1. The number of carboxylic acids is 1. The molecule has 0 amide bonds. The average molecular weight is 493 g/mol. The number of aryl methyl sites for hydroxylation is 1. The molecule has 0 aliphatic heterocycles. The predicted octanol–water partition coefficient (Wildman–Crippen LogP) is 5.15. The van der Waals surface area contributed by atoms with Crippen molar-refractivity contribution in [3.63, 3.8) is 0 Å². The van der Waals surface area contributed by atoms with Crippen LogP contribution in [0.2, 0.25) is 5.02 Å². The van der Waals surface area contributed by atoms with E-state index in [2.05, 4.69) is 9.71 Å². The first-order chi connectivity index (χ1) is 15.5. The Morgan fingerprint density at radius 3 is 2.52 bits per heavy atom. The highest BCUT2D eigenvalue weighted by molar-refractivity contribution is 7.92. The maximum Gasteiger partial charge on any atom is 0.303 e. The van der Waals surface area contributed by atoms with Crippen LogP contribution >= 0.6 is 11.6 Å². The normalized spacial score (nSPS) is 11.4. The topological polar surface area (TPSA) is 106 Å². The molecule has 0 unspecified atom stereocenters. The second kappa shape index (κ2) is 10.2. The highest BCUT2D eigenvalue weighted by Crippen LogP contribution is 2.35. The van der Waals surface area contributed by atoms with Crippen LogP contribution in [0.5, 0.6) is 5.75 Å². The van der Waals surface area contributed by atoms with Crippen molar-refractivity contribution in [1.29, 1.82) is 0 Å². The lowest BCUT2D eigenvalue weighted by atomic mass is 10.0. The fourth-order valence-corrected chi connectivity index (χ4v) is 4.35. The second-order valence-electron chi connectivity index (χ2n) is 7.53. The molecule has 0 bridgehead atoms. The number of nitrogens with zero attached hydrogens (tertiary/aromatic N) is 1. The van der Waals surface area contributed by atoms with Crippen LogP contribution in [0.1, 0.15) is 25.8 Å². The van der Waals surface area contributed by atoms with Crippen molar-refractivity contribution in [3.05, 3.63) is 71.3 Å². The number of halogens is 2. The van der Waals surface area contributed by atoms with Crippen LogP contribution < -0.4 is 9.46 Å². The molecule has 3 rings (SSSR count). The average Bonchev–Trinajstić information content (AvgIpc) is 2.74. The van der Waals surface area contributed by atoms with Gasteiger partial charge < -0.3 is 9.84 Å². The van der Waals surface area contributed by atoms with Crippen molar-refractivity contribution < 1.29 is 27.4 Å². The minimum absolute atomic E-state index is 0.0240. The van der Waals surface area contributed by atoms with Crippen molar-refractivity contribution in [3.8, 4) is 16.9 Å². The lowest BCUT2D eigenvalue weighted by Gasteiger charge is -2.16. The standard InChI is InChI=1S/C23H22ClFN2O5S/c1-14(2)32-18-11-19(13-26-12-18)33(30,31)27-23-20(9-17(24)10-21(23)25)16-6-3-15(4-7-16)5-8-22(28)29/h3-4,6-7,9-14,27H,5,8H2,1-2H3,(H,28,29). The molecule has 0 atom stereocenters. The minimum Gasteiger partial charge on any atom is -0.489 e. The van der Waals surface area contributed by atoms with E-state index in [1.54, 1.807) is 38.1 Å². The van der Waals surface area contributed by atoms with Crippen molar-refractivity contribution in [1.82, 2.24) is 4.98 Å². The molecule has 0 spiro atoms. The summed E-state index contributed by atoms with van der Waals surface area (Å²) in [4.78, 5) is 14.5. The summed E-state index contributed by atoms with van der Waals surface area (Å²) in [6.07, 6.45) is 2.65. The van der Waals surface area contributed by atoms with Gasteiger partial charge in [-0.1, -0.05) is 35.9 Å². The molecule has 3 aromatic rings. The molecule has 0 fully saturated rings. The lowest BCUT2D eigenvalue weighted by Crippen LogP contribution is -2.16. The third-order valence-corrected chi connectivity index (χ3v) is 6.09. The van der Waals surface area contributed by atoms with Gasteiger partial charge in [-0.15, -0.1) is 0 Å². The Hall–Kier alpha value is -3.17. The first kappa shape index (κ1) is 24.5. The molecule has 0 saturated heterocycles. The molecule has 0 saturated carbocycles. The number of anilines is 1. The van der Waals surface area contributed by atoms with Gasteiger partial charge in [0, 0.05) is 29.3 Å². The zero-order chi connectivity index (χ0) is 24.2. The van der Waals surface area contributed by atoms with E-state index in [0.29, 0.717) is 12.0 Å². The van der Waals surface area contributed by atoms with Gasteiger partial charge in [-0.05, 0) is 43.5 Å². The first-order valence-corrected chi connectivity index (χ1v) is 11.9. The van der Waals surface area contributed by atoms with Crippen molar-refractivity contribution >= 4 is 33.3 Å².